The third-order valence-corrected chi connectivity index (χ3v) is 7.61. The fourth-order valence-electron chi connectivity index (χ4n) is 3.53. The van der Waals surface area contributed by atoms with E-state index < -0.39 is 5.91 Å². The summed E-state index contributed by atoms with van der Waals surface area (Å²) in [5, 5.41) is 10.2. The molecule has 0 radical (unpaired) electrons. The van der Waals surface area contributed by atoms with Gasteiger partial charge in [0.05, 0.1) is 5.25 Å². The first-order valence-electron chi connectivity index (χ1n) is 12.1. The minimum Gasteiger partial charge on any atom is -0.325 e. The standard InChI is InChI=1S/C30H27N3O3S2/c1-2-27(30(36)31-22-13-7-4-8-14-22)38-25-16-9-15-23(19-25)32-29(35)26(20-24-17-10-18-37-24)33-28(34)21-11-5-3-6-12-21/h3-20,27H,2H2,1H3,(H,31,36)(H,32,35)(H,33,34)/b26-20-. The first kappa shape index (κ1) is 26.9. The zero-order valence-corrected chi connectivity index (χ0v) is 22.4. The van der Waals surface area contributed by atoms with Crippen LogP contribution in [-0.4, -0.2) is 23.0 Å². The second kappa shape index (κ2) is 13.4. The Morgan fingerprint density at radius 1 is 0.842 bits per heavy atom. The number of hydrogen-bond donors (Lipinski definition) is 3. The number of thioether (sulfide) groups is 1. The molecule has 3 N–H and O–H groups in total. The summed E-state index contributed by atoms with van der Waals surface area (Å²) in [7, 11) is 0. The molecule has 0 aliphatic carbocycles. The molecule has 1 heterocycles. The highest BCUT2D eigenvalue weighted by Gasteiger charge is 2.19. The fraction of sp³-hybridized carbons (Fsp3) is 0.100. The molecule has 0 saturated heterocycles. The van der Waals surface area contributed by atoms with Gasteiger partial charge in [-0.05, 0) is 66.4 Å². The molecule has 0 aliphatic heterocycles. The Bertz CT molecular complexity index is 1410. The molecule has 38 heavy (non-hydrogen) atoms. The molecule has 1 atom stereocenters. The smallest absolute Gasteiger partial charge is 0.272 e. The molecule has 0 fully saturated rings. The first-order chi connectivity index (χ1) is 18.5. The van der Waals surface area contributed by atoms with Gasteiger partial charge in [-0.25, -0.2) is 0 Å². The summed E-state index contributed by atoms with van der Waals surface area (Å²) < 4.78 is 0. The number of thiophene rings is 1. The number of carbonyl (C=O) groups excluding carboxylic acids is 3. The van der Waals surface area contributed by atoms with Crippen LogP contribution in [0.15, 0.2) is 113 Å². The maximum atomic E-state index is 13.2. The Balaban J connectivity index is 1.46. The molecule has 0 saturated carbocycles. The Morgan fingerprint density at radius 2 is 1.55 bits per heavy atom. The van der Waals surface area contributed by atoms with Crippen molar-refractivity contribution in [2.45, 2.75) is 23.5 Å². The van der Waals surface area contributed by atoms with Gasteiger partial charge in [0.25, 0.3) is 11.8 Å². The van der Waals surface area contributed by atoms with E-state index in [4.69, 9.17) is 0 Å². The van der Waals surface area contributed by atoms with E-state index in [-0.39, 0.29) is 22.8 Å². The number of anilines is 2. The van der Waals surface area contributed by atoms with Crippen LogP contribution in [0.2, 0.25) is 0 Å². The lowest BCUT2D eigenvalue weighted by atomic mass is 10.2. The molecule has 0 spiro atoms. The van der Waals surface area contributed by atoms with E-state index in [0.29, 0.717) is 17.7 Å². The van der Waals surface area contributed by atoms with Crippen molar-refractivity contribution < 1.29 is 14.4 Å². The average Bonchev–Trinajstić information content (AvgIpc) is 3.46. The number of para-hydroxylation sites is 1. The highest BCUT2D eigenvalue weighted by molar-refractivity contribution is 8.00. The van der Waals surface area contributed by atoms with E-state index in [1.165, 1.54) is 23.1 Å². The number of rotatable bonds is 10. The molecule has 192 valence electrons. The molecule has 8 heteroatoms. The molecule has 0 bridgehead atoms. The van der Waals surface area contributed by atoms with E-state index in [0.717, 1.165) is 15.5 Å². The van der Waals surface area contributed by atoms with Gasteiger partial charge in [0, 0.05) is 26.7 Å². The quantitative estimate of drug-likeness (QED) is 0.155. The predicted molar refractivity (Wildman–Crippen MR) is 156 cm³/mol. The van der Waals surface area contributed by atoms with Crippen LogP contribution >= 0.6 is 23.1 Å². The van der Waals surface area contributed by atoms with Crippen molar-refractivity contribution in [3.8, 4) is 0 Å². The molecule has 4 rings (SSSR count). The number of hydrogen-bond acceptors (Lipinski definition) is 5. The Hall–Kier alpha value is -4.14. The van der Waals surface area contributed by atoms with Crippen molar-refractivity contribution >= 4 is 58.3 Å². The van der Waals surface area contributed by atoms with Gasteiger partial charge in [-0.2, -0.15) is 0 Å². The van der Waals surface area contributed by atoms with Crippen molar-refractivity contribution in [1.29, 1.82) is 0 Å². The summed E-state index contributed by atoms with van der Waals surface area (Å²) >= 11 is 2.90. The van der Waals surface area contributed by atoms with Gasteiger partial charge >= 0.3 is 0 Å². The lowest BCUT2D eigenvalue weighted by Crippen LogP contribution is -2.30. The van der Waals surface area contributed by atoms with E-state index in [1.54, 1.807) is 36.4 Å². The topological polar surface area (TPSA) is 87.3 Å². The van der Waals surface area contributed by atoms with Gasteiger partial charge in [-0.3, -0.25) is 14.4 Å². The van der Waals surface area contributed by atoms with Crippen molar-refractivity contribution in [3.05, 3.63) is 119 Å². The van der Waals surface area contributed by atoms with Crippen LogP contribution in [0.1, 0.15) is 28.6 Å². The first-order valence-corrected chi connectivity index (χ1v) is 13.8. The van der Waals surface area contributed by atoms with Crippen LogP contribution in [0.4, 0.5) is 11.4 Å². The third-order valence-electron chi connectivity index (χ3n) is 5.43. The molecule has 3 amide bonds. The molecule has 6 nitrogen and oxygen atoms in total. The van der Waals surface area contributed by atoms with Crippen LogP contribution in [0.3, 0.4) is 0 Å². The minimum atomic E-state index is -0.446. The van der Waals surface area contributed by atoms with Crippen LogP contribution in [0.25, 0.3) is 6.08 Å². The zero-order chi connectivity index (χ0) is 26.7. The van der Waals surface area contributed by atoms with Gasteiger partial charge in [0.2, 0.25) is 5.91 Å². The number of amides is 3. The summed E-state index contributed by atoms with van der Waals surface area (Å²) in [6.45, 7) is 1.96. The van der Waals surface area contributed by atoms with Gasteiger partial charge in [-0.1, -0.05) is 55.5 Å². The maximum absolute atomic E-state index is 13.2. The van der Waals surface area contributed by atoms with Crippen LogP contribution in [0, 0.1) is 0 Å². The van der Waals surface area contributed by atoms with Crippen molar-refractivity contribution in [3.63, 3.8) is 0 Å². The van der Waals surface area contributed by atoms with Gasteiger partial charge in [0.1, 0.15) is 5.70 Å². The van der Waals surface area contributed by atoms with Crippen molar-refractivity contribution in [1.82, 2.24) is 5.32 Å². The Morgan fingerprint density at radius 3 is 2.24 bits per heavy atom. The number of carbonyl (C=O) groups is 3. The lowest BCUT2D eigenvalue weighted by molar-refractivity contribution is -0.116. The average molecular weight is 542 g/mol. The highest BCUT2D eigenvalue weighted by atomic mass is 32.2. The molecule has 0 aliphatic rings. The van der Waals surface area contributed by atoms with Crippen LogP contribution < -0.4 is 16.0 Å². The normalized spacial score (nSPS) is 11.9. The van der Waals surface area contributed by atoms with Crippen LogP contribution in [0.5, 0.6) is 0 Å². The summed E-state index contributed by atoms with van der Waals surface area (Å²) in [6, 6.07) is 29.2. The number of benzene rings is 3. The summed E-state index contributed by atoms with van der Waals surface area (Å²) in [5.41, 5.74) is 1.90. The molecule has 3 aromatic carbocycles. The summed E-state index contributed by atoms with van der Waals surface area (Å²) in [4.78, 5) is 40.5. The van der Waals surface area contributed by atoms with Crippen molar-refractivity contribution in [2.24, 2.45) is 0 Å². The van der Waals surface area contributed by atoms with Gasteiger partial charge < -0.3 is 16.0 Å². The Kier molecular flexibility index (Phi) is 9.50. The second-order valence-electron chi connectivity index (χ2n) is 8.25. The monoisotopic (exact) mass is 541 g/mol. The number of nitrogens with one attached hydrogen (secondary N) is 3. The van der Waals surface area contributed by atoms with Gasteiger partial charge in [-0.15, -0.1) is 23.1 Å². The third kappa shape index (κ3) is 7.68. The van der Waals surface area contributed by atoms with E-state index in [1.807, 2.05) is 79.0 Å². The van der Waals surface area contributed by atoms with Crippen LogP contribution in [-0.2, 0) is 9.59 Å². The van der Waals surface area contributed by atoms with Gasteiger partial charge in [0.15, 0.2) is 0 Å². The maximum Gasteiger partial charge on any atom is 0.272 e. The largest absolute Gasteiger partial charge is 0.325 e. The van der Waals surface area contributed by atoms with Crippen molar-refractivity contribution in [2.75, 3.05) is 10.6 Å². The highest BCUT2D eigenvalue weighted by Crippen LogP contribution is 2.29. The molecular formula is C30H27N3O3S2. The zero-order valence-electron chi connectivity index (χ0n) is 20.7. The molecule has 1 aromatic heterocycles. The molecular weight excluding hydrogens is 514 g/mol. The predicted octanol–water partition coefficient (Wildman–Crippen LogP) is 6.67. The fourth-order valence-corrected chi connectivity index (χ4v) is 5.21. The minimum absolute atomic E-state index is 0.0806. The lowest BCUT2D eigenvalue weighted by Gasteiger charge is -2.16. The molecule has 1 unspecified atom stereocenters. The van der Waals surface area contributed by atoms with E-state index in [9.17, 15) is 14.4 Å². The summed E-state index contributed by atoms with van der Waals surface area (Å²) in [5.74, 6) is -0.898. The summed E-state index contributed by atoms with van der Waals surface area (Å²) in [6.07, 6.45) is 2.29. The second-order valence-corrected chi connectivity index (χ2v) is 10.5. The SMILES string of the molecule is CCC(Sc1cccc(NC(=O)/C(=C/c2cccs2)NC(=O)c2ccccc2)c1)C(=O)Nc1ccccc1. The molecule has 4 aromatic rings. The van der Waals surface area contributed by atoms with E-state index in [2.05, 4.69) is 16.0 Å². The Labute approximate surface area is 230 Å². The van der Waals surface area contributed by atoms with E-state index >= 15 is 0 Å².